The van der Waals surface area contributed by atoms with Crippen molar-refractivity contribution in [1.29, 1.82) is 0 Å². The molecule has 0 aliphatic carbocycles. The number of halogens is 2. The lowest BCUT2D eigenvalue weighted by atomic mass is 9.80. The second-order valence-electron chi connectivity index (χ2n) is 10.3. The largest absolute Gasteiger partial charge is 0.493 e. The number of H-pyrrole nitrogens is 1. The van der Waals surface area contributed by atoms with Gasteiger partial charge in [0.2, 0.25) is 0 Å². The Morgan fingerprint density at radius 3 is 2.56 bits per heavy atom. The van der Waals surface area contributed by atoms with Crippen LogP contribution in [0, 0.1) is 11.6 Å². The first-order chi connectivity index (χ1) is 19.1. The van der Waals surface area contributed by atoms with Crippen molar-refractivity contribution in [2.45, 2.75) is 31.5 Å². The highest BCUT2D eigenvalue weighted by atomic mass is 19.1. The Labute approximate surface area is 225 Å². The van der Waals surface area contributed by atoms with Crippen molar-refractivity contribution in [2.75, 3.05) is 13.7 Å². The summed E-state index contributed by atoms with van der Waals surface area (Å²) in [5, 5.41) is 1.23. The molecular formula is C33H28F2N2O2. The zero-order chi connectivity index (χ0) is 26.5. The van der Waals surface area contributed by atoms with Gasteiger partial charge in [-0.1, -0.05) is 42.5 Å². The Kier molecular flexibility index (Phi) is 5.85. The number of aromatic amines is 1. The maximum atomic E-state index is 13.9. The molecule has 1 aromatic heterocycles. The summed E-state index contributed by atoms with van der Waals surface area (Å²) in [6.45, 7) is 1.11. The quantitative estimate of drug-likeness (QED) is 0.264. The summed E-state index contributed by atoms with van der Waals surface area (Å²) in [6, 6.07) is 26.1. The van der Waals surface area contributed by atoms with Crippen LogP contribution in [0.5, 0.6) is 11.5 Å². The Hall–Kier alpha value is -4.16. The van der Waals surface area contributed by atoms with Gasteiger partial charge in [-0.15, -0.1) is 0 Å². The molecule has 0 spiro atoms. The minimum Gasteiger partial charge on any atom is -0.493 e. The number of rotatable bonds is 5. The van der Waals surface area contributed by atoms with E-state index in [1.165, 1.54) is 39.9 Å². The van der Waals surface area contributed by atoms with Crippen LogP contribution in [0.1, 0.15) is 45.6 Å². The Balaban J connectivity index is 1.30. The van der Waals surface area contributed by atoms with Crippen molar-refractivity contribution in [3.8, 4) is 11.5 Å². The van der Waals surface area contributed by atoms with Crippen molar-refractivity contribution in [3.63, 3.8) is 0 Å². The maximum Gasteiger partial charge on any atom is 0.161 e. The van der Waals surface area contributed by atoms with Gasteiger partial charge in [-0.25, -0.2) is 8.78 Å². The fourth-order valence-corrected chi connectivity index (χ4v) is 6.36. The van der Waals surface area contributed by atoms with Crippen molar-refractivity contribution in [2.24, 2.45) is 0 Å². The number of fused-ring (bicyclic) bond motifs is 6. The molecule has 0 saturated heterocycles. The topological polar surface area (TPSA) is 37.5 Å². The molecule has 2 atom stereocenters. The van der Waals surface area contributed by atoms with E-state index in [2.05, 4.69) is 46.3 Å². The zero-order valence-corrected chi connectivity index (χ0v) is 21.6. The lowest BCUT2D eigenvalue weighted by Crippen LogP contribution is -2.43. The summed E-state index contributed by atoms with van der Waals surface area (Å²) >= 11 is 0. The van der Waals surface area contributed by atoms with Crippen LogP contribution in [0.4, 0.5) is 8.78 Å². The minimum absolute atomic E-state index is 0.0187. The number of ether oxygens (including phenoxy) is 2. The Morgan fingerprint density at radius 1 is 0.897 bits per heavy atom. The van der Waals surface area contributed by atoms with E-state index in [1.807, 2.05) is 18.2 Å². The molecule has 2 aliphatic heterocycles. The van der Waals surface area contributed by atoms with Gasteiger partial charge >= 0.3 is 0 Å². The van der Waals surface area contributed by atoms with Crippen LogP contribution < -0.4 is 9.47 Å². The highest BCUT2D eigenvalue weighted by Crippen LogP contribution is 2.49. The van der Waals surface area contributed by atoms with Gasteiger partial charge in [0.1, 0.15) is 18.2 Å². The van der Waals surface area contributed by atoms with E-state index >= 15 is 0 Å². The monoisotopic (exact) mass is 522 g/mol. The third-order valence-corrected chi connectivity index (χ3v) is 8.14. The van der Waals surface area contributed by atoms with Crippen LogP contribution in [-0.4, -0.2) is 23.5 Å². The van der Waals surface area contributed by atoms with E-state index in [0.717, 1.165) is 36.0 Å². The summed E-state index contributed by atoms with van der Waals surface area (Å²) in [5.74, 6) is 0.809. The van der Waals surface area contributed by atoms with Crippen LogP contribution in [-0.2, 0) is 19.4 Å². The van der Waals surface area contributed by atoms with Crippen LogP contribution in [0.2, 0.25) is 0 Å². The summed E-state index contributed by atoms with van der Waals surface area (Å²) in [7, 11) is 1.65. The molecule has 3 heterocycles. The highest BCUT2D eigenvalue weighted by Gasteiger charge is 2.41. The molecule has 5 aromatic rings. The van der Waals surface area contributed by atoms with Gasteiger partial charge in [-0.3, -0.25) is 4.90 Å². The Bertz CT molecular complexity index is 1680. The number of hydrogen-bond donors (Lipinski definition) is 1. The van der Waals surface area contributed by atoms with E-state index in [-0.39, 0.29) is 30.3 Å². The van der Waals surface area contributed by atoms with E-state index in [4.69, 9.17) is 9.47 Å². The zero-order valence-electron chi connectivity index (χ0n) is 21.6. The number of nitrogens with zero attached hydrogens (tertiary/aromatic N) is 1. The number of para-hydroxylation sites is 1. The first-order valence-corrected chi connectivity index (χ1v) is 13.3. The second-order valence-corrected chi connectivity index (χ2v) is 10.3. The highest BCUT2D eigenvalue weighted by molar-refractivity contribution is 5.85. The summed E-state index contributed by atoms with van der Waals surface area (Å²) < 4.78 is 39.5. The maximum absolute atomic E-state index is 13.9. The van der Waals surface area contributed by atoms with Crippen molar-refractivity contribution in [3.05, 3.63) is 130 Å². The first kappa shape index (κ1) is 23.9. The molecule has 0 bridgehead atoms. The normalized spacial score (nSPS) is 18.3. The average Bonchev–Trinajstić information content (AvgIpc) is 3.33. The van der Waals surface area contributed by atoms with Gasteiger partial charge in [-0.2, -0.15) is 0 Å². The molecule has 0 saturated carbocycles. The number of hydrogen-bond acceptors (Lipinski definition) is 3. The molecular weight excluding hydrogens is 494 g/mol. The van der Waals surface area contributed by atoms with Gasteiger partial charge < -0.3 is 14.5 Å². The molecule has 196 valence electrons. The molecule has 2 unspecified atom stereocenters. The molecule has 4 aromatic carbocycles. The van der Waals surface area contributed by atoms with Crippen LogP contribution in [0.25, 0.3) is 10.9 Å². The average molecular weight is 523 g/mol. The van der Waals surface area contributed by atoms with Gasteiger partial charge in [0, 0.05) is 29.2 Å². The summed E-state index contributed by atoms with van der Waals surface area (Å²) in [6.07, 6.45) is 1.70. The van der Waals surface area contributed by atoms with Crippen molar-refractivity contribution in [1.82, 2.24) is 9.88 Å². The van der Waals surface area contributed by atoms with Crippen molar-refractivity contribution < 1.29 is 18.3 Å². The molecule has 0 amide bonds. The minimum atomic E-state index is -0.279. The van der Waals surface area contributed by atoms with E-state index < -0.39 is 0 Å². The van der Waals surface area contributed by atoms with Crippen LogP contribution in [0.3, 0.4) is 0 Å². The van der Waals surface area contributed by atoms with Crippen molar-refractivity contribution >= 4 is 10.9 Å². The van der Waals surface area contributed by atoms with Crippen LogP contribution in [0.15, 0.2) is 84.9 Å². The smallest absolute Gasteiger partial charge is 0.161 e. The third kappa shape index (κ3) is 4.16. The molecule has 7 rings (SSSR count). The predicted octanol–water partition coefficient (Wildman–Crippen LogP) is 7.28. The fraction of sp³-hybridized carbons (Fsp3) is 0.212. The van der Waals surface area contributed by atoms with E-state index in [9.17, 15) is 8.78 Å². The van der Waals surface area contributed by atoms with Gasteiger partial charge in [-0.05, 0) is 83.1 Å². The number of aromatic nitrogens is 1. The molecule has 39 heavy (non-hydrogen) atoms. The van der Waals surface area contributed by atoms with Gasteiger partial charge in [0.05, 0.1) is 13.2 Å². The van der Waals surface area contributed by atoms with E-state index in [0.29, 0.717) is 11.5 Å². The lowest BCUT2D eigenvalue weighted by Gasteiger charge is -2.46. The van der Waals surface area contributed by atoms with Gasteiger partial charge in [0.25, 0.3) is 0 Å². The fourth-order valence-electron chi connectivity index (χ4n) is 6.36. The predicted molar refractivity (Wildman–Crippen MR) is 147 cm³/mol. The van der Waals surface area contributed by atoms with E-state index in [1.54, 1.807) is 25.3 Å². The Morgan fingerprint density at radius 2 is 1.74 bits per heavy atom. The lowest BCUT2D eigenvalue weighted by molar-refractivity contribution is 0.127. The van der Waals surface area contributed by atoms with Gasteiger partial charge in [0.15, 0.2) is 11.5 Å². The molecule has 0 radical (unpaired) electrons. The molecule has 0 fully saturated rings. The number of benzene rings is 4. The summed E-state index contributed by atoms with van der Waals surface area (Å²) in [5.41, 5.74) is 7.89. The summed E-state index contributed by atoms with van der Waals surface area (Å²) in [4.78, 5) is 6.23. The number of nitrogens with one attached hydrogen (secondary N) is 1. The third-order valence-electron chi connectivity index (χ3n) is 8.14. The number of methoxy groups -OCH3 is 1. The first-order valence-electron chi connectivity index (χ1n) is 13.3. The second kappa shape index (κ2) is 9.54. The van der Waals surface area contributed by atoms with Crippen LogP contribution >= 0.6 is 0 Å². The SMILES string of the molecule is COc1cc2c(cc1OCc1cccc(F)c1)CCN1C2Cc2c([nH]c3ccccc23)C1c1ccc(F)cc1. The molecule has 6 heteroatoms. The molecule has 1 N–H and O–H groups in total. The molecule has 4 nitrogen and oxygen atoms in total. The standard InChI is InChI=1S/C33H28F2N2O2/c1-38-30-18-26-22(16-31(30)39-19-20-5-4-6-24(35)15-20)13-14-37-29(26)17-27-25-7-2-3-8-28(25)36-32(27)33(37)21-9-11-23(34)12-10-21/h2-12,15-16,18,29,33,36H,13-14,17,19H2,1H3. The molecule has 2 aliphatic rings.